The average molecular weight is 1150 g/mol. The molecule has 0 spiro atoms. The fraction of sp³-hybridized carbons (Fsp3) is 0.215. The van der Waals surface area contributed by atoms with Gasteiger partial charge < -0.3 is 19.1 Å². The highest BCUT2D eigenvalue weighted by Gasteiger charge is 2.46. The molecule has 2 aliphatic heterocycles. The lowest BCUT2D eigenvalue weighted by Crippen LogP contribution is -2.60. The summed E-state index contributed by atoms with van der Waals surface area (Å²) in [5.74, 6) is 1.01. The quantitative estimate of drug-likeness (QED) is 0.127. The Morgan fingerprint density at radius 1 is 0.547 bits per heavy atom. The summed E-state index contributed by atoms with van der Waals surface area (Å²) in [6.07, 6.45) is 6.42. The first-order chi connectivity index (χ1) is 41.7. The van der Waals surface area contributed by atoms with Crippen molar-refractivity contribution in [3.05, 3.63) is 241 Å². The Bertz CT molecular complexity index is 4540. The van der Waals surface area contributed by atoms with Gasteiger partial charge >= 0.3 is 0 Å². The molecular weight excluding hydrogens is 1080 g/mol. The largest absolute Gasteiger partial charge is 0.454 e. The van der Waals surface area contributed by atoms with Crippen molar-refractivity contribution in [3.63, 3.8) is 0 Å². The minimum absolute atomic E-state index is 0.00266. The van der Waals surface area contributed by atoms with Crippen LogP contribution in [-0.4, -0.2) is 6.71 Å². The van der Waals surface area contributed by atoms with Crippen LogP contribution >= 0.6 is 23.1 Å². The molecular formula is C79H72BN3OS2. The summed E-state index contributed by atoms with van der Waals surface area (Å²) >= 11 is 3.84. The molecule has 0 N–H and O–H groups in total. The van der Waals surface area contributed by atoms with Crippen LogP contribution in [0.1, 0.15) is 122 Å². The van der Waals surface area contributed by atoms with Crippen molar-refractivity contribution in [1.29, 1.82) is 0 Å². The molecule has 4 nitrogen and oxygen atoms in total. The molecule has 0 unspecified atom stereocenters. The van der Waals surface area contributed by atoms with Gasteiger partial charge in [-0.25, -0.2) is 0 Å². The molecule has 0 bridgehead atoms. The Labute approximate surface area is 516 Å². The van der Waals surface area contributed by atoms with Gasteiger partial charge in [0.2, 0.25) is 0 Å². The zero-order valence-electron chi connectivity index (χ0n) is 50.6. The zero-order valence-corrected chi connectivity index (χ0v) is 52.3. The van der Waals surface area contributed by atoms with Gasteiger partial charge in [0.05, 0.1) is 17.1 Å². The summed E-state index contributed by atoms with van der Waals surface area (Å²) in [7, 11) is 0. The molecule has 0 saturated heterocycles. The number of benzene rings is 10. The molecule has 2 aromatic heterocycles. The van der Waals surface area contributed by atoms with Gasteiger partial charge in [-0.2, -0.15) is 0 Å². The molecule has 86 heavy (non-hydrogen) atoms. The van der Waals surface area contributed by atoms with Crippen LogP contribution in [0, 0.1) is 0 Å². The van der Waals surface area contributed by atoms with E-state index in [9.17, 15) is 0 Å². The fourth-order valence-electron chi connectivity index (χ4n) is 14.0. The van der Waals surface area contributed by atoms with Crippen molar-refractivity contribution in [2.24, 2.45) is 0 Å². The molecule has 424 valence electrons. The summed E-state index contributed by atoms with van der Waals surface area (Å²) in [5, 5.41) is 3.55. The third-order valence-electron chi connectivity index (χ3n) is 18.6. The molecule has 12 aromatic rings. The van der Waals surface area contributed by atoms with E-state index in [0.29, 0.717) is 11.8 Å². The predicted octanol–water partition coefficient (Wildman–Crippen LogP) is 21.9. The number of hydrogen-bond donors (Lipinski definition) is 0. The van der Waals surface area contributed by atoms with Crippen LogP contribution in [0.4, 0.5) is 51.2 Å². The molecule has 0 amide bonds. The van der Waals surface area contributed by atoms with Gasteiger partial charge in [-0.15, -0.1) is 11.3 Å². The van der Waals surface area contributed by atoms with E-state index in [1.54, 1.807) is 0 Å². The van der Waals surface area contributed by atoms with E-state index in [2.05, 4.69) is 288 Å². The van der Waals surface area contributed by atoms with E-state index in [1.165, 1.54) is 113 Å². The molecule has 1 aliphatic carbocycles. The van der Waals surface area contributed by atoms with E-state index in [-0.39, 0.29) is 17.5 Å². The van der Waals surface area contributed by atoms with E-state index >= 15 is 0 Å². The number of furan rings is 1. The second-order valence-electron chi connectivity index (χ2n) is 26.5. The van der Waals surface area contributed by atoms with Gasteiger partial charge in [-0.3, -0.25) is 0 Å². The summed E-state index contributed by atoms with van der Waals surface area (Å²) < 4.78 is 9.86. The maximum atomic E-state index is 7.16. The summed E-state index contributed by atoms with van der Waals surface area (Å²) in [6, 6.07) is 83.0. The number of para-hydroxylation sites is 3. The standard InChI is InChI=1S/C79H72BN3OS2/c1-50(2)51-30-42-60(43-31-51)85-61-48-70-74-71(49-61)83(68-28-19-26-64-63-25-16-18-29-72(63)84-76(64)68)69-47-59(81(57-37-33-55(34-38-57)78(3,4)5)67-27-17-15-24-62(67)53-22-13-10-14-23-53)41-44-66(69)80(74)77-75(82(70)58-39-35-56(36-40-58)79(6,7)8)65-46-54(32-45-73(65)86-77)52-20-11-9-12-21-52/h10,13-19,22-50,52H,9,11-12,20-21H2,1-8H3. The maximum absolute atomic E-state index is 7.16. The predicted molar refractivity (Wildman–Crippen MR) is 371 cm³/mol. The summed E-state index contributed by atoms with van der Waals surface area (Å²) in [4.78, 5) is 10.1. The Morgan fingerprint density at radius 3 is 1.94 bits per heavy atom. The second-order valence-corrected chi connectivity index (χ2v) is 28.7. The number of anilines is 9. The first-order valence-corrected chi connectivity index (χ1v) is 32.7. The van der Waals surface area contributed by atoms with Gasteiger partial charge in [0.1, 0.15) is 5.58 Å². The third kappa shape index (κ3) is 9.45. The van der Waals surface area contributed by atoms with Crippen LogP contribution < -0.4 is 30.4 Å². The number of hydrogen-bond acceptors (Lipinski definition) is 6. The molecule has 4 heterocycles. The zero-order chi connectivity index (χ0) is 58.6. The molecule has 0 radical (unpaired) electrons. The van der Waals surface area contributed by atoms with Crippen molar-refractivity contribution in [2.45, 2.75) is 120 Å². The fourth-order valence-corrected chi connectivity index (χ4v) is 16.2. The number of rotatable bonds is 10. The van der Waals surface area contributed by atoms with Crippen LogP contribution in [0.5, 0.6) is 0 Å². The first kappa shape index (κ1) is 54.4. The molecule has 1 fully saturated rings. The first-order valence-electron chi connectivity index (χ1n) is 31.1. The molecule has 15 rings (SSSR count). The van der Waals surface area contributed by atoms with E-state index < -0.39 is 0 Å². The molecule has 0 atom stereocenters. The van der Waals surface area contributed by atoms with Crippen molar-refractivity contribution in [3.8, 4) is 11.1 Å². The maximum Gasteiger partial charge on any atom is 0.264 e. The SMILES string of the molecule is CC(C)c1ccc(Sc2cc3c4c(c2)N(c2cccc5c2oc2ccccc25)c2cc(N(c5ccc(C(C)(C)C)cc5)c5ccccc5-c5ccccc5)ccc2B4c2sc4ccc(C5CCCCC5)cc4c2N3c2ccc(C(C)(C)C)cc2)cc1. The Kier molecular flexibility index (Phi) is 13.5. The van der Waals surface area contributed by atoms with Gasteiger partial charge in [-0.05, 0) is 165 Å². The molecule has 1 saturated carbocycles. The Hall–Kier alpha value is -8.23. The van der Waals surface area contributed by atoms with Crippen molar-refractivity contribution in [2.75, 3.05) is 14.7 Å². The minimum atomic E-state index is -0.0914. The van der Waals surface area contributed by atoms with Crippen LogP contribution in [0.25, 0.3) is 43.2 Å². The number of nitrogens with zero attached hydrogens (tertiary/aromatic N) is 3. The van der Waals surface area contributed by atoms with Crippen molar-refractivity contribution < 1.29 is 4.42 Å². The Morgan fingerprint density at radius 2 is 1.21 bits per heavy atom. The third-order valence-corrected chi connectivity index (χ3v) is 20.8. The number of thiophene rings is 1. The highest BCUT2D eigenvalue weighted by Crippen LogP contribution is 2.53. The molecule has 7 heteroatoms. The summed E-state index contributed by atoms with van der Waals surface area (Å²) in [5.41, 5.74) is 22.3. The van der Waals surface area contributed by atoms with E-state index in [0.717, 1.165) is 61.6 Å². The average Bonchev–Trinajstić information content (AvgIpc) is 1.26. The lowest BCUT2D eigenvalue weighted by atomic mass is 9.36. The van der Waals surface area contributed by atoms with Crippen molar-refractivity contribution in [1.82, 2.24) is 0 Å². The Balaban J connectivity index is 1.04. The smallest absolute Gasteiger partial charge is 0.264 e. The monoisotopic (exact) mass is 1150 g/mol. The lowest BCUT2D eigenvalue weighted by molar-refractivity contribution is 0.444. The van der Waals surface area contributed by atoms with Crippen LogP contribution in [0.15, 0.2) is 233 Å². The van der Waals surface area contributed by atoms with E-state index in [1.807, 2.05) is 23.1 Å². The van der Waals surface area contributed by atoms with Gasteiger partial charge in [0, 0.05) is 75.1 Å². The summed E-state index contributed by atoms with van der Waals surface area (Å²) in [6.45, 7) is 18.3. The topological polar surface area (TPSA) is 22.9 Å². The van der Waals surface area contributed by atoms with Gasteiger partial charge in [0.15, 0.2) is 5.58 Å². The van der Waals surface area contributed by atoms with Gasteiger partial charge in [0.25, 0.3) is 6.71 Å². The molecule has 10 aromatic carbocycles. The second kappa shape index (κ2) is 21.3. The molecule has 3 aliphatic rings. The highest BCUT2D eigenvalue weighted by molar-refractivity contribution is 7.99. The van der Waals surface area contributed by atoms with Crippen LogP contribution in [0.2, 0.25) is 0 Å². The van der Waals surface area contributed by atoms with E-state index in [4.69, 9.17) is 4.42 Å². The van der Waals surface area contributed by atoms with Crippen LogP contribution in [0.3, 0.4) is 0 Å². The van der Waals surface area contributed by atoms with Crippen molar-refractivity contribution >= 4 is 129 Å². The normalized spacial score (nSPS) is 14.3. The lowest BCUT2D eigenvalue weighted by Gasteiger charge is -2.44. The van der Waals surface area contributed by atoms with Crippen LogP contribution in [-0.2, 0) is 10.8 Å². The minimum Gasteiger partial charge on any atom is -0.454 e. The number of fused-ring (bicyclic) bond motifs is 9. The van der Waals surface area contributed by atoms with Gasteiger partial charge in [-0.1, -0.05) is 214 Å². The highest BCUT2D eigenvalue weighted by atomic mass is 32.2.